The van der Waals surface area contributed by atoms with Crippen molar-refractivity contribution in [2.75, 3.05) is 0 Å². The number of rotatable bonds is 4. The van der Waals surface area contributed by atoms with Crippen LogP contribution in [-0.2, 0) is 0 Å². The van der Waals surface area contributed by atoms with E-state index in [9.17, 15) is 0 Å². The van der Waals surface area contributed by atoms with Gasteiger partial charge in [0.05, 0.1) is 0 Å². The average Bonchev–Trinajstić information content (AvgIpc) is 3.34. The summed E-state index contributed by atoms with van der Waals surface area (Å²) in [5.41, 5.74) is 3.05. The molecule has 1 heteroatoms. The Morgan fingerprint density at radius 3 is 1.69 bits per heavy atom. The molecule has 0 unspecified atom stereocenters. The van der Waals surface area contributed by atoms with Crippen LogP contribution in [0.2, 0.25) is 0 Å². The van der Waals surface area contributed by atoms with Gasteiger partial charge < -0.3 is 0 Å². The highest BCUT2D eigenvalue weighted by Crippen LogP contribution is 2.47. The molecule has 128 valence electrons. The van der Waals surface area contributed by atoms with E-state index in [1.165, 1.54) is 40.7 Å². The van der Waals surface area contributed by atoms with E-state index in [1.807, 2.05) is 0 Å². The highest BCUT2D eigenvalue weighted by Gasteiger charge is 2.33. The number of benzene rings is 3. The summed E-state index contributed by atoms with van der Waals surface area (Å²) in [5, 5.41) is 4.27. The minimum absolute atomic E-state index is 0.496. The summed E-state index contributed by atoms with van der Waals surface area (Å²) in [7, 11) is -0.496. The number of fused-ring (bicyclic) bond motifs is 2. The van der Waals surface area contributed by atoms with Crippen LogP contribution in [0.4, 0.5) is 0 Å². The van der Waals surface area contributed by atoms with Gasteiger partial charge in [0.2, 0.25) is 0 Å². The standard InChI is InChI=1S/C25H23P/c1-3-7-22(8-4-1)26(23-9-5-2-6-10-23)24-15-13-20(14-16-24)25-18-19-11-12-21(25)17-19/h1-10,13-16,18-19,21H,11-12,17H2/t19-,21+/m1/s1. The second kappa shape index (κ2) is 6.86. The molecule has 26 heavy (non-hydrogen) atoms. The quantitative estimate of drug-likeness (QED) is 0.561. The summed E-state index contributed by atoms with van der Waals surface area (Å²) in [4.78, 5) is 0. The molecule has 2 aliphatic carbocycles. The van der Waals surface area contributed by atoms with Gasteiger partial charge in [-0.25, -0.2) is 0 Å². The van der Waals surface area contributed by atoms with Crippen molar-refractivity contribution in [3.63, 3.8) is 0 Å². The molecule has 0 aliphatic heterocycles. The zero-order valence-electron chi connectivity index (χ0n) is 14.9. The van der Waals surface area contributed by atoms with E-state index >= 15 is 0 Å². The van der Waals surface area contributed by atoms with Gasteiger partial charge in [0, 0.05) is 0 Å². The van der Waals surface area contributed by atoms with Crippen LogP contribution in [0.15, 0.2) is 91.0 Å². The minimum Gasteiger partial charge on any atom is -0.0773 e. The molecule has 0 saturated heterocycles. The SMILES string of the molecule is C1=C(c2ccc(P(c3ccccc3)c3ccccc3)cc2)[C@H]2CC[C@@H]1C2. The average molecular weight is 354 g/mol. The van der Waals surface area contributed by atoms with E-state index in [1.54, 1.807) is 5.57 Å². The van der Waals surface area contributed by atoms with Crippen LogP contribution in [0.1, 0.15) is 24.8 Å². The second-order valence-electron chi connectivity index (χ2n) is 7.45. The first-order valence-corrected chi connectivity index (χ1v) is 10.9. The molecule has 0 nitrogen and oxygen atoms in total. The van der Waals surface area contributed by atoms with Crippen LogP contribution in [0.25, 0.3) is 5.57 Å². The predicted octanol–water partition coefficient (Wildman–Crippen LogP) is 5.26. The lowest BCUT2D eigenvalue weighted by Gasteiger charge is -2.20. The van der Waals surface area contributed by atoms with Gasteiger partial charge in [-0.2, -0.15) is 0 Å². The minimum atomic E-state index is -0.496. The molecule has 0 aromatic heterocycles. The summed E-state index contributed by atoms with van der Waals surface area (Å²) >= 11 is 0. The number of allylic oxidation sites excluding steroid dienone is 2. The largest absolute Gasteiger partial charge is 0.0773 e. The van der Waals surface area contributed by atoms with Gasteiger partial charge in [0.25, 0.3) is 0 Å². The first-order chi connectivity index (χ1) is 12.9. The van der Waals surface area contributed by atoms with E-state index in [0.717, 1.165) is 11.8 Å². The van der Waals surface area contributed by atoms with Gasteiger partial charge in [-0.05, 0) is 66.1 Å². The molecule has 0 radical (unpaired) electrons. The van der Waals surface area contributed by atoms with Gasteiger partial charge in [-0.3, -0.25) is 0 Å². The third-order valence-corrected chi connectivity index (χ3v) is 8.26. The molecule has 1 fully saturated rings. The summed E-state index contributed by atoms with van der Waals surface area (Å²) in [6.07, 6.45) is 6.72. The van der Waals surface area contributed by atoms with Gasteiger partial charge >= 0.3 is 0 Å². The Morgan fingerprint density at radius 1 is 0.615 bits per heavy atom. The van der Waals surface area contributed by atoms with Gasteiger partial charge in [0.1, 0.15) is 0 Å². The molecule has 3 aromatic carbocycles. The molecule has 2 aliphatic rings. The van der Waals surface area contributed by atoms with Crippen LogP contribution in [0.3, 0.4) is 0 Å². The first-order valence-electron chi connectivity index (χ1n) is 9.61. The van der Waals surface area contributed by atoms with Crippen molar-refractivity contribution in [3.8, 4) is 0 Å². The summed E-state index contributed by atoms with van der Waals surface area (Å²) in [6, 6.07) is 31.4. The Bertz CT molecular complexity index is 870. The fourth-order valence-electron chi connectivity index (χ4n) is 4.58. The van der Waals surface area contributed by atoms with Crippen LogP contribution in [0.5, 0.6) is 0 Å². The van der Waals surface area contributed by atoms with E-state index in [4.69, 9.17) is 0 Å². The molecule has 5 rings (SSSR count). The van der Waals surface area contributed by atoms with E-state index < -0.39 is 7.92 Å². The Labute approximate surface area is 157 Å². The Kier molecular flexibility index (Phi) is 4.23. The number of hydrogen-bond acceptors (Lipinski definition) is 0. The van der Waals surface area contributed by atoms with Crippen LogP contribution in [-0.4, -0.2) is 0 Å². The zero-order chi connectivity index (χ0) is 17.3. The summed E-state index contributed by atoms with van der Waals surface area (Å²) in [6.45, 7) is 0. The molecule has 0 spiro atoms. The zero-order valence-corrected chi connectivity index (χ0v) is 15.8. The maximum atomic E-state index is 2.54. The Hall–Kier alpha value is -2.17. The molecule has 0 N–H and O–H groups in total. The third kappa shape index (κ3) is 2.93. The number of hydrogen-bond donors (Lipinski definition) is 0. The van der Waals surface area contributed by atoms with Crippen molar-refractivity contribution in [2.45, 2.75) is 19.3 Å². The fourth-order valence-corrected chi connectivity index (χ4v) is 6.86. The van der Waals surface area contributed by atoms with Crippen molar-refractivity contribution in [1.29, 1.82) is 0 Å². The highest BCUT2D eigenvalue weighted by molar-refractivity contribution is 7.79. The maximum absolute atomic E-state index is 2.54. The molecule has 2 bridgehead atoms. The smallest absolute Gasteiger partial charge is 0.0134 e. The monoisotopic (exact) mass is 354 g/mol. The van der Waals surface area contributed by atoms with E-state index in [2.05, 4.69) is 91.0 Å². The van der Waals surface area contributed by atoms with Crippen LogP contribution in [0, 0.1) is 11.8 Å². The molecule has 1 saturated carbocycles. The van der Waals surface area contributed by atoms with Crippen LogP contribution >= 0.6 is 7.92 Å². The lowest BCUT2D eigenvalue weighted by atomic mass is 9.92. The lowest BCUT2D eigenvalue weighted by molar-refractivity contribution is 0.695. The predicted molar refractivity (Wildman–Crippen MR) is 114 cm³/mol. The summed E-state index contributed by atoms with van der Waals surface area (Å²) < 4.78 is 0. The van der Waals surface area contributed by atoms with Gasteiger partial charge in [0.15, 0.2) is 0 Å². The molecular formula is C25H23P. The molecular weight excluding hydrogens is 331 g/mol. The molecule has 0 heterocycles. The van der Waals surface area contributed by atoms with Gasteiger partial charge in [-0.15, -0.1) is 0 Å². The second-order valence-corrected chi connectivity index (χ2v) is 9.67. The van der Waals surface area contributed by atoms with Crippen molar-refractivity contribution in [1.82, 2.24) is 0 Å². The third-order valence-electron chi connectivity index (χ3n) is 5.82. The van der Waals surface area contributed by atoms with Crippen molar-refractivity contribution in [2.24, 2.45) is 11.8 Å². The molecule has 0 amide bonds. The Morgan fingerprint density at radius 2 is 1.19 bits per heavy atom. The maximum Gasteiger partial charge on any atom is -0.0134 e. The summed E-state index contributed by atoms with van der Waals surface area (Å²) in [5.74, 6) is 1.66. The van der Waals surface area contributed by atoms with Crippen molar-refractivity contribution >= 4 is 29.4 Å². The topological polar surface area (TPSA) is 0 Å². The first kappa shape index (κ1) is 16.0. The highest BCUT2D eigenvalue weighted by atomic mass is 31.1. The normalized spacial score (nSPS) is 21.2. The van der Waals surface area contributed by atoms with E-state index in [0.29, 0.717) is 0 Å². The van der Waals surface area contributed by atoms with Crippen molar-refractivity contribution < 1.29 is 0 Å². The fraction of sp³-hybridized carbons (Fsp3) is 0.200. The van der Waals surface area contributed by atoms with Crippen molar-refractivity contribution in [3.05, 3.63) is 96.6 Å². The van der Waals surface area contributed by atoms with Gasteiger partial charge in [-0.1, -0.05) is 91.0 Å². The molecule has 3 aromatic rings. The Balaban J connectivity index is 1.52. The lowest BCUT2D eigenvalue weighted by Crippen LogP contribution is -2.20. The molecule has 2 atom stereocenters. The van der Waals surface area contributed by atoms with E-state index in [-0.39, 0.29) is 0 Å². The van der Waals surface area contributed by atoms with Crippen LogP contribution < -0.4 is 15.9 Å².